The van der Waals surface area contributed by atoms with E-state index in [0.717, 1.165) is 76.9 Å². The van der Waals surface area contributed by atoms with Gasteiger partial charge in [0.1, 0.15) is 0 Å². The molecular weight excluding hydrogens is 400 g/mol. The van der Waals surface area contributed by atoms with E-state index in [1.165, 1.54) is 6.42 Å². The molecule has 32 heavy (non-hydrogen) atoms. The van der Waals surface area contributed by atoms with Crippen LogP contribution in [0.25, 0.3) is 0 Å². The summed E-state index contributed by atoms with van der Waals surface area (Å²) in [6, 6.07) is 5.81. The molecule has 1 unspecified atom stereocenters. The van der Waals surface area contributed by atoms with Gasteiger partial charge in [-0.1, -0.05) is 40.5 Å². The quantitative estimate of drug-likeness (QED) is 0.454. The monoisotopic (exact) mass is 444 g/mol. The van der Waals surface area contributed by atoms with Gasteiger partial charge in [0.2, 0.25) is 5.91 Å². The molecule has 2 N–H and O–H groups in total. The Morgan fingerprint density at radius 2 is 1.78 bits per heavy atom. The minimum Gasteiger partial charge on any atom is -0.371 e. The molecule has 1 saturated heterocycles. The number of hydrogen-bond acceptors (Lipinski definition) is 4. The van der Waals surface area contributed by atoms with Gasteiger partial charge in [-0.2, -0.15) is 0 Å². The second-order valence-corrected chi connectivity index (χ2v) is 8.80. The molecule has 180 valence electrons. The molecule has 1 fully saturated rings. The van der Waals surface area contributed by atoms with E-state index in [1.807, 2.05) is 18.2 Å². The van der Waals surface area contributed by atoms with Crippen LogP contribution in [-0.4, -0.2) is 56.0 Å². The van der Waals surface area contributed by atoms with E-state index in [-0.39, 0.29) is 17.7 Å². The Morgan fingerprint density at radius 1 is 1.06 bits per heavy atom. The predicted molar refractivity (Wildman–Crippen MR) is 135 cm³/mol. The van der Waals surface area contributed by atoms with Crippen LogP contribution < -0.4 is 15.5 Å². The number of rotatable bonds is 13. The zero-order chi connectivity index (χ0) is 23.3. The highest BCUT2D eigenvalue weighted by molar-refractivity contribution is 6.02. The average Bonchev–Trinajstić information content (AvgIpc) is 2.82. The van der Waals surface area contributed by atoms with Crippen molar-refractivity contribution in [2.45, 2.75) is 72.6 Å². The average molecular weight is 445 g/mol. The fourth-order valence-electron chi connectivity index (χ4n) is 4.38. The topological polar surface area (TPSA) is 64.7 Å². The van der Waals surface area contributed by atoms with Crippen LogP contribution >= 0.6 is 0 Å². The molecule has 1 aromatic carbocycles. The highest BCUT2D eigenvalue weighted by atomic mass is 16.2. The minimum absolute atomic E-state index is 0.0167. The van der Waals surface area contributed by atoms with Crippen molar-refractivity contribution < 1.29 is 9.59 Å². The van der Waals surface area contributed by atoms with Crippen molar-refractivity contribution in [3.05, 3.63) is 23.8 Å². The number of anilines is 2. The van der Waals surface area contributed by atoms with E-state index in [4.69, 9.17) is 0 Å². The number of benzene rings is 1. The van der Waals surface area contributed by atoms with Crippen molar-refractivity contribution in [2.24, 2.45) is 5.92 Å². The van der Waals surface area contributed by atoms with Gasteiger partial charge in [-0.15, -0.1) is 0 Å². The second kappa shape index (κ2) is 14.1. The molecule has 0 bridgehead atoms. The van der Waals surface area contributed by atoms with Crippen LogP contribution in [0.5, 0.6) is 0 Å². The van der Waals surface area contributed by atoms with Crippen molar-refractivity contribution in [2.75, 3.05) is 49.5 Å². The standard InChI is InChI=1S/C26H44N4O2/c1-5-9-13-21(6-2)25(31)28-22-14-15-24(30-17-11-10-12-18-30)23(20-22)26(32)27-16-19-29(7-3)8-4/h14-15,20-21H,5-13,16-19H2,1-4H3,(H,27,32)(H,28,31). The van der Waals surface area contributed by atoms with E-state index in [1.54, 1.807) is 0 Å². The number of piperidine rings is 1. The summed E-state index contributed by atoms with van der Waals surface area (Å²) in [4.78, 5) is 30.6. The van der Waals surface area contributed by atoms with E-state index < -0.39 is 0 Å². The number of nitrogens with zero attached hydrogens (tertiary/aromatic N) is 2. The maximum absolute atomic E-state index is 13.2. The fraction of sp³-hybridized carbons (Fsp3) is 0.692. The van der Waals surface area contributed by atoms with Crippen LogP contribution in [0.2, 0.25) is 0 Å². The molecule has 0 aromatic heterocycles. The molecule has 2 amide bonds. The van der Waals surface area contributed by atoms with Crippen molar-refractivity contribution in [3.63, 3.8) is 0 Å². The first kappa shape index (κ1) is 26.2. The SMILES string of the molecule is CCCCC(CC)C(=O)Nc1ccc(N2CCCCC2)c(C(=O)NCCN(CC)CC)c1. The Labute approximate surface area is 195 Å². The highest BCUT2D eigenvalue weighted by Gasteiger charge is 2.21. The molecule has 1 aliphatic rings. The zero-order valence-corrected chi connectivity index (χ0v) is 20.7. The summed E-state index contributed by atoms with van der Waals surface area (Å²) in [5.74, 6) is 0.00878. The lowest BCUT2D eigenvalue weighted by molar-refractivity contribution is -0.120. The van der Waals surface area contributed by atoms with Gasteiger partial charge in [0.15, 0.2) is 0 Å². The molecule has 6 heteroatoms. The molecule has 6 nitrogen and oxygen atoms in total. The number of amides is 2. The second-order valence-electron chi connectivity index (χ2n) is 8.80. The van der Waals surface area contributed by atoms with Crippen molar-refractivity contribution in [1.29, 1.82) is 0 Å². The zero-order valence-electron chi connectivity index (χ0n) is 20.7. The summed E-state index contributed by atoms with van der Waals surface area (Å²) < 4.78 is 0. The number of carbonyl (C=O) groups excluding carboxylic acids is 2. The smallest absolute Gasteiger partial charge is 0.253 e. The van der Waals surface area contributed by atoms with Crippen molar-refractivity contribution in [3.8, 4) is 0 Å². The largest absolute Gasteiger partial charge is 0.371 e. The summed E-state index contributed by atoms with van der Waals surface area (Å²) in [6.45, 7) is 13.8. The first-order chi connectivity index (χ1) is 15.5. The summed E-state index contributed by atoms with van der Waals surface area (Å²) in [5, 5.41) is 6.17. The highest BCUT2D eigenvalue weighted by Crippen LogP contribution is 2.28. The van der Waals surface area contributed by atoms with Crippen LogP contribution in [0.15, 0.2) is 18.2 Å². The van der Waals surface area contributed by atoms with Crippen LogP contribution in [0, 0.1) is 5.92 Å². The number of nitrogens with one attached hydrogen (secondary N) is 2. The molecule has 0 spiro atoms. The van der Waals surface area contributed by atoms with E-state index >= 15 is 0 Å². The molecule has 0 radical (unpaired) electrons. The summed E-state index contributed by atoms with van der Waals surface area (Å²) >= 11 is 0. The molecule has 1 atom stereocenters. The Hall–Kier alpha value is -2.08. The van der Waals surface area contributed by atoms with Gasteiger partial charge < -0.3 is 20.4 Å². The minimum atomic E-state index is -0.0631. The lowest BCUT2D eigenvalue weighted by atomic mass is 9.98. The van der Waals surface area contributed by atoms with Gasteiger partial charge in [0.25, 0.3) is 5.91 Å². The van der Waals surface area contributed by atoms with Crippen LogP contribution in [0.4, 0.5) is 11.4 Å². The van der Waals surface area contributed by atoms with Gasteiger partial charge in [0.05, 0.1) is 5.56 Å². The molecule has 1 aliphatic heterocycles. The molecule has 0 aliphatic carbocycles. The lowest BCUT2D eigenvalue weighted by Gasteiger charge is -2.30. The lowest BCUT2D eigenvalue weighted by Crippen LogP contribution is -2.36. The molecule has 2 rings (SSSR count). The summed E-state index contributed by atoms with van der Waals surface area (Å²) in [5.41, 5.74) is 2.34. The number of hydrogen-bond donors (Lipinski definition) is 2. The van der Waals surface area contributed by atoms with E-state index in [0.29, 0.717) is 17.8 Å². The first-order valence-corrected chi connectivity index (χ1v) is 12.7. The van der Waals surface area contributed by atoms with Gasteiger partial charge in [-0.25, -0.2) is 0 Å². The van der Waals surface area contributed by atoms with E-state index in [9.17, 15) is 9.59 Å². The maximum atomic E-state index is 13.2. The molecule has 1 heterocycles. The van der Waals surface area contributed by atoms with Gasteiger partial charge in [0, 0.05) is 43.5 Å². The molecule has 0 saturated carbocycles. The van der Waals surface area contributed by atoms with Crippen LogP contribution in [-0.2, 0) is 4.79 Å². The van der Waals surface area contributed by atoms with Crippen molar-refractivity contribution in [1.82, 2.24) is 10.2 Å². The fourth-order valence-corrected chi connectivity index (χ4v) is 4.38. The third-order valence-electron chi connectivity index (χ3n) is 6.58. The maximum Gasteiger partial charge on any atom is 0.253 e. The van der Waals surface area contributed by atoms with Crippen LogP contribution in [0.1, 0.15) is 83.0 Å². The number of carbonyl (C=O) groups is 2. The predicted octanol–water partition coefficient (Wildman–Crippen LogP) is 4.90. The summed E-state index contributed by atoms with van der Waals surface area (Å²) in [7, 11) is 0. The molecular formula is C26H44N4O2. The van der Waals surface area contributed by atoms with Crippen LogP contribution in [0.3, 0.4) is 0 Å². The third-order valence-corrected chi connectivity index (χ3v) is 6.58. The third kappa shape index (κ3) is 7.80. The Bertz CT molecular complexity index is 712. The number of likely N-dealkylation sites (N-methyl/N-ethyl adjacent to an activating group) is 1. The van der Waals surface area contributed by atoms with Gasteiger partial charge >= 0.3 is 0 Å². The Morgan fingerprint density at radius 3 is 2.41 bits per heavy atom. The van der Waals surface area contributed by atoms with Crippen molar-refractivity contribution >= 4 is 23.2 Å². The summed E-state index contributed by atoms with van der Waals surface area (Å²) in [6.07, 6.45) is 7.42. The Balaban J connectivity index is 2.17. The van der Waals surface area contributed by atoms with Gasteiger partial charge in [-0.05, 0) is 63.4 Å². The van der Waals surface area contributed by atoms with E-state index in [2.05, 4.69) is 48.1 Å². The Kier molecular flexibility index (Phi) is 11.6. The normalized spacial score (nSPS) is 15.0. The number of unbranched alkanes of at least 4 members (excludes halogenated alkanes) is 1. The first-order valence-electron chi connectivity index (χ1n) is 12.7. The molecule has 1 aromatic rings. The van der Waals surface area contributed by atoms with Gasteiger partial charge in [-0.3, -0.25) is 9.59 Å².